The molecule has 0 aliphatic carbocycles. The molecule has 0 radical (unpaired) electrons. The molecule has 0 fully saturated rings. The predicted molar refractivity (Wildman–Crippen MR) is 102 cm³/mol. The summed E-state index contributed by atoms with van der Waals surface area (Å²) >= 11 is 0. The number of benzene rings is 3. The number of hydrogen-bond acceptors (Lipinski definition) is 1. The second kappa shape index (κ2) is 6.81. The van der Waals surface area contributed by atoms with Crippen LogP contribution < -0.4 is 4.57 Å². The summed E-state index contributed by atoms with van der Waals surface area (Å²) in [6.45, 7) is 0.717. The van der Waals surface area contributed by atoms with Gasteiger partial charge in [0.1, 0.15) is 0 Å². The maximum absolute atomic E-state index is 11.4. The van der Waals surface area contributed by atoms with Gasteiger partial charge in [-0.25, -0.2) is 4.79 Å². The van der Waals surface area contributed by atoms with Gasteiger partial charge in [0, 0.05) is 28.6 Å². The highest BCUT2D eigenvalue weighted by molar-refractivity contribution is 5.89. The van der Waals surface area contributed by atoms with Crippen LogP contribution in [0, 0.1) is 0 Å². The molecule has 126 valence electrons. The first kappa shape index (κ1) is 16.0. The number of carboxylic acids is 1. The van der Waals surface area contributed by atoms with Crippen molar-refractivity contribution in [3.05, 3.63) is 102 Å². The zero-order chi connectivity index (χ0) is 17.9. The third-order valence-electron chi connectivity index (χ3n) is 4.53. The number of aromatic nitrogens is 1. The van der Waals surface area contributed by atoms with E-state index < -0.39 is 5.97 Å². The summed E-state index contributed by atoms with van der Waals surface area (Å²) < 4.78 is 2.24. The van der Waals surface area contributed by atoms with Gasteiger partial charge in [-0.3, -0.25) is 0 Å². The molecule has 0 aliphatic rings. The summed E-state index contributed by atoms with van der Waals surface area (Å²) in [7, 11) is 0. The number of aromatic carboxylic acids is 1. The summed E-state index contributed by atoms with van der Waals surface area (Å²) in [6, 6.07) is 29.8. The topological polar surface area (TPSA) is 41.2 Å². The first-order chi connectivity index (χ1) is 12.7. The number of carboxylic acid groups (broad SMARTS) is 1. The smallest absolute Gasteiger partial charge is 0.335 e. The molecule has 0 amide bonds. The molecule has 4 aromatic rings. The molecule has 0 saturated heterocycles. The van der Waals surface area contributed by atoms with Crippen molar-refractivity contribution in [1.29, 1.82) is 0 Å². The molecular formula is C23H18NO2+. The van der Waals surface area contributed by atoms with Crippen LogP contribution in [0.15, 0.2) is 91.0 Å². The van der Waals surface area contributed by atoms with Crippen molar-refractivity contribution in [2.45, 2.75) is 6.54 Å². The van der Waals surface area contributed by atoms with Gasteiger partial charge in [0.15, 0.2) is 6.54 Å². The number of fused-ring (bicyclic) bond motifs is 1. The average molecular weight is 340 g/mol. The number of para-hydroxylation sites is 1. The van der Waals surface area contributed by atoms with Crippen molar-refractivity contribution >= 4 is 16.9 Å². The fraction of sp³-hybridized carbons (Fsp3) is 0.0435. The number of pyridine rings is 1. The van der Waals surface area contributed by atoms with Crippen LogP contribution in [-0.2, 0) is 6.54 Å². The van der Waals surface area contributed by atoms with E-state index in [0.717, 1.165) is 28.7 Å². The Morgan fingerprint density at radius 2 is 1.58 bits per heavy atom. The number of carbonyl (C=O) groups is 1. The number of rotatable bonds is 4. The van der Waals surface area contributed by atoms with Crippen LogP contribution in [0.5, 0.6) is 0 Å². The quantitative estimate of drug-likeness (QED) is 0.554. The van der Waals surface area contributed by atoms with E-state index in [9.17, 15) is 9.90 Å². The van der Waals surface area contributed by atoms with E-state index in [0.29, 0.717) is 5.56 Å². The Bertz CT molecular complexity index is 1090. The van der Waals surface area contributed by atoms with Crippen LogP contribution in [0.1, 0.15) is 15.9 Å². The van der Waals surface area contributed by atoms with Crippen molar-refractivity contribution < 1.29 is 14.5 Å². The molecule has 1 N–H and O–H groups in total. The Labute approximate surface area is 151 Å². The van der Waals surface area contributed by atoms with E-state index in [4.69, 9.17) is 0 Å². The van der Waals surface area contributed by atoms with Crippen molar-refractivity contribution in [2.75, 3.05) is 0 Å². The molecule has 0 aliphatic heterocycles. The Hall–Kier alpha value is -3.46. The van der Waals surface area contributed by atoms with Crippen LogP contribution in [0.25, 0.3) is 22.2 Å². The second-order valence-electron chi connectivity index (χ2n) is 6.24. The third kappa shape index (κ3) is 3.07. The van der Waals surface area contributed by atoms with Gasteiger partial charge < -0.3 is 5.11 Å². The molecule has 0 spiro atoms. The summed E-state index contributed by atoms with van der Waals surface area (Å²) in [4.78, 5) is 11.4. The van der Waals surface area contributed by atoms with Crippen molar-refractivity contribution in [3.8, 4) is 11.3 Å². The molecule has 1 heterocycles. The first-order valence-electron chi connectivity index (χ1n) is 8.51. The summed E-state index contributed by atoms with van der Waals surface area (Å²) in [5.41, 5.74) is 4.50. The van der Waals surface area contributed by atoms with Crippen LogP contribution >= 0.6 is 0 Å². The highest BCUT2D eigenvalue weighted by Gasteiger charge is 2.18. The van der Waals surface area contributed by atoms with Gasteiger partial charge in [0.2, 0.25) is 11.2 Å². The van der Waals surface area contributed by atoms with E-state index in [-0.39, 0.29) is 0 Å². The predicted octanol–water partition coefficient (Wildman–Crippen LogP) is 4.54. The lowest BCUT2D eigenvalue weighted by Gasteiger charge is -2.08. The van der Waals surface area contributed by atoms with E-state index in [1.54, 1.807) is 18.2 Å². The Kier molecular flexibility index (Phi) is 4.20. The monoisotopic (exact) mass is 340 g/mol. The molecule has 1 aromatic heterocycles. The van der Waals surface area contributed by atoms with Gasteiger partial charge in [-0.15, -0.1) is 0 Å². The average Bonchev–Trinajstić information content (AvgIpc) is 2.69. The molecule has 3 heteroatoms. The SMILES string of the molecule is O=C(O)c1cccc(-c2ccc3ccccc3[n+]2Cc2ccccc2)c1. The molecule has 3 aromatic carbocycles. The highest BCUT2D eigenvalue weighted by atomic mass is 16.4. The minimum atomic E-state index is -0.915. The van der Waals surface area contributed by atoms with Gasteiger partial charge in [-0.2, -0.15) is 4.57 Å². The largest absolute Gasteiger partial charge is 0.478 e. The molecule has 0 unspecified atom stereocenters. The van der Waals surface area contributed by atoms with Crippen molar-refractivity contribution in [3.63, 3.8) is 0 Å². The van der Waals surface area contributed by atoms with Crippen molar-refractivity contribution in [1.82, 2.24) is 0 Å². The fourth-order valence-corrected chi connectivity index (χ4v) is 3.26. The molecule has 4 rings (SSSR count). The van der Waals surface area contributed by atoms with E-state index in [1.165, 1.54) is 5.56 Å². The second-order valence-corrected chi connectivity index (χ2v) is 6.24. The molecule has 26 heavy (non-hydrogen) atoms. The van der Waals surface area contributed by atoms with Crippen LogP contribution in [-0.4, -0.2) is 11.1 Å². The summed E-state index contributed by atoms with van der Waals surface area (Å²) in [6.07, 6.45) is 0. The highest BCUT2D eigenvalue weighted by Crippen LogP contribution is 2.21. The molecular weight excluding hydrogens is 322 g/mol. The maximum atomic E-state index is 11.4. The van der Waals surface area contributed by atoms with Crippen LogP contribution in [0.2, 0.25) is 0 Å². The first-order valence-corrected chi connectivity index (χ1v) is 8.51. The molecule has 3 nitrogen and oxygen atoms in total. The lowest BCUT2D eigenvalue weighted by molar-refractivity contribution is -0.651. The lowest BCUT2D eigenvalue weighted by Crippen LogP contribution is -2.37. The zero-order valence-corrected chi connectivity index (χ0v) is 14.2. The van der Waals surface area contributed by atoms with E-state index in [1.807, 2.05) is 36.4 Å². The number of nitrogens with zero attached hydrogens (tertiary/aromatic N) is 1. The normalized spacial score (nSPS) is 10.8. The number of hydrogen-bond donors (Lipinski definition) is 1. The molecule has 0 saturated carbocycles. The Morgan fingerprint density at radius 1 is 0.808 bits per heavy atom. The van der Waals surface area contributed by atoms with E-state index >= 15 is 0 Å². The summed E-state index contributed by atoms with van der Waals surface area (Å²) in [5.74, 6) is -0.915. The van der Waals surface area contributed by atoms with Gasteiger partial charge >= 0.3 is 5.97 Å². The lowest BCUT2D eigenvalue weighted by atomic mass is 10.0. The molecule has 0 atom stereocenters. The van der Waals surface area contributed by atoms with Gasteiger partial charge in [0.25, 0.3) is 0 Å². The van der Waals surface area contributed by atoms with Crippen LogP contribution in [0.3, 0.4) is 0 Å². The van der Waals surface area contributed by atoms with Crippen molar-refractivity contribution in [2.24, 2.45) is 0 Å². The van der Waals surface area contributed by atoms with Gasteiger partial charge in [-0.1, -0.05) is 48.5 Å². The minimum absolute atomic E-state index is 0.293. The Morgan fingerprint density at radius 3 is 2.38 bits per heavy atom. The standard InChI is InChI=1S/C23H17NO2/c25-23(26)20-11-6-10-19(15-20)22-14-13-18-9-4-5-12-21(18)24(22)16-17-7-2-1-3-8-17/h1-15H,16H2/p+1. The fourth-order valence-electron chi connectivity index (χ4n) is 3.26. The maximum Gasteiger partial charge on any atom is 0.335 e. The van der Waals surface area contributed by atoms with E-state index in [2.05, 4.69) is 41.0 Å². The molecule has 0 bridgehead atoms. The Balaban J connectivity index is 1.93. The minimum Gasteiger partial charge on any atom is -0.478 e. The van der Waals surface area contributed by atoms with Gasteiger partial charge in [-0.05, 0) is 30.3 Å². The van der Waals surface area contributed by atoms with Gasteiger partial charge in [0.05, 0.1) is 5.56 Å². The van der Waals surface area contributed by atoms with Crippen LogP contribution in [0.4, 0.5) is 0 Å². The zero-order valence-electron chi connectivity index (χ0n) is 14.2. The summed E-state index contributed by atoms with van der Waals surface area (Å²) in [5, 5.41) is 10.5. The third-order valence-corrected chi connectivity index (χ3v) is 4.53.